The predicted octanol–water partition coefficient (Wildman–Crippen LogP) is 3.08. The second-order valence-electron chi connectivity index (χ2n) is 3.96. The summed E-state index contributed by atoms with van der Waals surface area (Å²) in [6.07, 6.45) is 5.36. The van der Waals surface area contributed by atoms with Crippen LogP contribution in [0.4, 0.5) is 0 Å². The van der Waals surface area contributed by atoms with Gasteiger partial charge in [0.25, 0.3) is 0 Å². The van der Waals surface area contributed by atoms with Crippen LogP contribution in [0.25, 0.3) is 6.08 Å². The minimum atomic E-state index is 0.576. The van der Waals surface area contributed by atoms with Gasteiger partial charge in [0, 0.05) is 12.1 Å². The van der Waals surface area contributed by atoms with E-state index in [0.717, 1.165) is 6.42 Å². The highest BCUT2D eigenvalue weighted by molar-refractivity contribution is 5.59. The van der Waals surface area contributed by atoms with Gasteiger partial charge in [-0.3, -0.25) is 4.98 Å². The van der Waals surface area contributed by atoms with Gasteiger partial charge in [0.2, 0.25) is 0 Å². The second-order valence-corrected chi connectivity index (χ2v) is 3.96. The number of aryl methyl sites for hydroxylation is 1. The van der Waals surface area contributed by atoms with Crippen LogP contribution >= 0.6 is 0 Å². The number of hydrogen-bond donors (Lipinski definition) is 0. The van der Waals surface area contributed by atoms with Crippen LogP contribution in [0.3, 0.4) is 0 Å². The van der Waals surface area contributed by atoms with E-state index in [4.69, 9.17) is 0 Å². The fourth-order valence-corrected chi connectivity index (χ4v) is 1.88. The molecule has 0 amide bonds. The molecule has 0 aliphatic heterocycles. The fourth-order valence-electron chi connectivity index (χ4n) is 1.88. The molecule has 1 aliphatic rings. The topological polar surface area (TPSA) is 12.9 Å². The largest absolute Gasteiger partial charge is 0.257 e. The molecule has 1 aromatic heterocycles. The molecule has 68 valence electrons. The molecule has 0 radical (unpaired) electrons. The number of fused-ring (bicyclic) bond motifs is 1. The standard InChI is InChI=1S/C12H15N/c1-8(2)11-7-10-5-4-6-12(10)13-9(11)3/h4-5,7-8H,6H2,1-3H3. The summed E-state index contributed by atoms with van der Waals surface area (Å²) in [5.74, 6) is 0.576. The minimum absolute atomic E-state index is 0.576. The number of allylic oxidation sites excluding steroid dienone is 1. The van der Waals surface area contributed by atoms with E-state index in [9.17, 15) is 0 Å². The molecule has 0 saturated carbocycles. The Hall–Kier alpha value is -1.11. The molecular formula is C12H15N. The molecule has 0 unspecified atom stereocenters. The van der Waals surface area contributed by atoms with Gasteiger partial charge in [-0.25, -0.2) is 0 Å². The first-order chi connectivity index (χ1) is 6.18. The van der Waals surface area contributed by atoms with Crippen molar-refractivity contribution in [2.45, 2.75) is 33.1 Å². The van der Waals surface area contributed by atoms with Crippen molar-refractivity contribution in [3.05, 3.63) is 34.7 Å². The summed E-state index contributed by atoms with van der Waals surface area (Å²) in [7, 11) is 0. The predicted molar refractivity (Wildman–Crippen MR) is 55.8 cm³/mol. The maximum absolute atomic E-state index is 4.61. The van der Waals surface area contributed by atoms with Crippen LogP contribution in [-0.4, -0.2) is 4.98 Å². The molecule has 0 atom stereocenters. The normalized spacial score (nSPS) is 13.8. The molecule has 0 saturated heterocycles. The summed E-state index contributed by atoms with van der Waals surface area (Å²) in [6, 6.07) is 2.28. The van der Waals surface area contributed by atoms with Crippen molar-refractivity contribution in [2.75, 3.05) is 0 Å². The van der Waals surface area contributed by atoms with Gasteiger partial charge < -0.3 is 0 Å². The molecule has 1 aliphatic carbocycles. The second kappa shape index (κ2) is 2.99. The van der Waals surface area contributed by atoms with Gasteiger partial charge in [0.1, 0.15) is 0 Å². The first kappa shape index (κ1) is 8.49. The Morgan fingerprint density at radius 3 is 2.85 bits per heavy atom. The Morgan fingerprint density at radius 2 is 2.15 bits per heavy atom. The third kappa shape index (κ3) is 1.39. The number of nitrogens with zero attached hydrogens (tertiary/aromatic N) is 1. The van der Waals surface area contributed by atoms with Crippen LogP contribution in [0.2, 0.25) is 0 Å². The van der Waals surface area contributed by atoms with Gasteiger partial charge >= 0.3 is 0 Å². The van der Waals surface area contributed by atoms with Crippen LogP contribution in [0.1, 0.15) is 42.3 Å². The van der Waals surface area contributed by atoms with Crippen molar-refractivity contribution in [3.8, 4) is 0 Å². The number of rotatable bonds is 1. The first-order valence-electron chi connectivity index (χ1n) is 4.85. The van der Waals surface area contributed by atoms with Crippen LogP contribution in [0.15, 0.2) is 12.1 Å². The quantitative estimate of drug-likeness (QED) is 0.636. The smallest absolute Gasteiger partial charge is 0.0516 e. The van der Waals surface area contributed by atoms with E-state index in [1.54, 1.807) is 0 Å². The molecule has 1 heterocycles. The Balaban J connectivity index is 2.54. The summed E-state index contributed by atoms with van der Waals surface area (Å²) < 4.78 is 0. The molecule has 1 nitrogen and oxygen atoms in total. The third-order valence-corrected chi connectivity index (χ3v) is 2.60. The average molecular weight is 173 g/mol. The van der Waals surface area contributed by atoms with Crippen LogP contribution in [0, 0.1) is 6.92 Å². The van der Waals surface area contributed by atoms with Gasteiger partial charge in [0.15, 0.2) is 0 Å². The third-order valence-electron chi connectivity index (χ3n) is 2.60. The molecule has 1 heteroatoms. The van der Waals surface area contributed by atoms with Gasteiger partial charge in [-0.15, -0.1) is 0 Å². The highest BCUT2D eigenvalue weighted by atomic mass is 14.7. The summed E-state index contributed by atoms with van der Waals surface area (Å²) >= 11 is 0. The molecule has 0 fully saturated rings. The van der Waals surface area contributed by atoms with Gasteiger partial charge in [-0.2, -0.15) is 0 Å². The zero-order valence-corrected chi connectivity index (χ0v) is 8.46. The lowest BCUT2D eigenvalue weighted by molar-refractivity contribution is 0.836. The average Bonchev–Trinajstić information content (AvgIpc) is 2.48. The zero-order chi connectivity index (χ0) is 9.42. The SMILES string of the molecule is Cc1nc2c(cc1C(C)C)C=CC2. The highest BCUT2D eigenvalue weighted by Crippen LogP contribution is 2.24. The van der Waals surface area contributed by atoms with E-state index >= 15 is 0 Å². The van der Waals surface area contributed by atoms with E-state index in [2.05, 4.69) is 44.0 Å². The fraction of sp³-hybridized carbons (Fsp3) is 0.417. The number of aromatic nitrogens is 1. The van der Waals surface area contributed by atoms with Gasteiger partial charge in [0.05, 0.1) is 5.69 Å². The molecule has 0 spiro atoms. The summed E-state index contributed by atoms with van der Waals surface area (Å²) in [5, 5.41) is 0. The first-order valence-corrected chi connectivity index (χ1v) is 4.85. The molecule has 1 aromatic rings. The van der Waals surface area contributed by atoms with Crippen molar-refractivity contribution in [1.29, 1.82) is 0 Å². The van der Waals surface area contributed by atoms with E-state index in [0.29, 0.717) is 5.92 Å². The maximum Gasteiger partial charge on any atom is 0.0516 e. The monoisotopic (exact) mass is 173 g/mol. The van der Waals surface area contributed by atoms with Crippen molar-refractivity contribution in [3.63, 3.8) is 0 Å². The van der Waals surface area contributed by atoms with Gasteiger partial charge in [-0.05, 0) is 30.0 Å². The van der Waals surface area contributed by atoms with E-state index < -0.39 is 0 Å². The van der Waals surface area contributed by atoms with Crippen molar-refractivity contribution in [1.82, 2.24) is 4.98 Å². The van der Waals surface area contributed by atoms with Crippen molar-refractivity contribution >= 4 is 6.08 Å². The minimum Gasteiger partial charge on any atom is -0.257 e. The lowest BCUT2D eigenvalue weighted by atomic mass is 9.99. The Kier molecular flexibility index (Phi) is 1.95. The number of pyridine rings is 1. The molecule has 0 aromatic carbocycles. The Bertz CT molecular complexity index is 362. The van der Waals surface area contributed by atoms with Crippen LogP contribution in [0.5, 0.6) is 0 Å². The van der Waals surface area contributed by atoms with E-state index in [1.807, 2.05) is 0 Å². The van der Waals surface area contributed by atoms with E-state index in [-0.39, 0.29) is 0 Å². The van der Waals surface area contributed by atoms with Crippen LogP contribution in [-0.2, 0) is 6.42 Å². The molecule has 0 bridgehead atoms. The summed E-state index contributed by atoms with van der Waals surface area (Å²) in [4.78, 5) is 4.61. The van der Waals surface area contributed by atoms with Crippen molar-refractivity contribution < 1.29 is 0 Å². The van der Waals surface area contributed by atoms with Gasteiger partial charge in [-0.1, -0.05) is 26.0 Å². The molecule has 0 N–H and O–H groups in total. The lowest BCUT2D eigenvalue weighted by Gasteiger charge is -2.10. The maximum atomic E-state index is 4.61. The number of hydrogen-bond acceptors (Lipinski definition) is 1. The molecule has 2 rings (SSSR count). The summed E-state index contributed by atoms with van der Waals surface area (Å²) in [5.41, 5.74) is 5.12. The highest BCUT2D eigenvalue weighted by Gasteiger charge is 2.11. The zero-order valence-electron chi connectivity index (χ0n) is 8.46. The van der Waals surface area contributed by atoms with E-state index in [1.165, 1.54) is 22.5 Å². The lowest BCUT2D eigenvalue weighted by Crippen LogP contribution is -1.99. The Morgan fingerprint density at radius 1 is 1.38 bits per heavy atom. The van der Waals surface area contributed by atoms with Crippen molar-refractivity contribution in [2.24, 2.45) is 0 Å². The molecular weight excluding hydrogens is 158 g/mol. The summed E-state index contributed by atoms with van der Waals surface area (Å²) in [6.45, 7) is 6.54. The Labute approximate surface area is 79.5 Å². The molecule has 13 heavy (non-hydrogen) atoms. The van der Waals surface area contributed by atoms with Crippen LogP contribution < -0.4 is 0 Å².